The Hall–Kier alpha value is -2.06. The molecule has 0 radical (unpaired) electrons. The molecule has 0 aromatic heterocycles. The number of hydrogen-bond acceptors (Lipinski definition) is 5. The fraction of sp³-hybridized carbons (Fsp3) is 0.723. The Balaban J connectivity index is 4.52. The van der Waals surface area contributed by atoms with E-state index in [1.165, 1.54) is 77.0 Å². The van der Waals surface area contributed by atoms with E-state index in [1.807, 2.05) is 33.3 Å². The van der Waals surface area contributed by atoms with Crippen LogP contribution >= 0.6 is 7.82 Å². The van der Waals surface area contributed by atoms with Crippen LogP contribution < -0.4 is 5.32 Å². The predicted octanol–water partition coefficient (Wildman–Crippen LogP) is 12.4. The van der Waals surface area contributed by atoms with Gasteiger partial charge in [0.2, 0.25) is 5.91 Å². The average Bonchev–Trinajstić information content (AvgIpc) is 3.15. The van der Waals surface area contributed by atoms with Gasteiger partial charge in [0.1, 0.15) is 13.2 Å². The number of rotatable bonds is 39. The third kappa shape index (κ3) is 40.1. The molecular weight excluding hydrogens is 719 g/mol. The van der Waals surface area contributed by atoms with Crippen LogP contribution in [0.15, 0.2) is 72.9 Å². The molecule has 3 unspecified atom stereocenters. The summed E-state index contributed by atoms with van der Waals surface area (Å²) in [6, 6.07) is -0.804. The highest BCUT2D eigenvalue weighted by molar-refractivity contribution is 7.47. The quantitative estimate of drug-likeness (QED) is 0.0247. The fourth-order valence-electron chi connectivity index (χ4n) is 5.95. The molecule has 0 spiro atoms. The molecule has 0 aliphatic heterocycles. The molecule has 1 amide bonds. The molecule has 0 fully saturated rings. The summed E-state index contributed by atoms with van der Waals surface area (Å²) in [5.41, 5.74) is 0. The zero-order valence-electron chi connectivity index (χ0n) is 36.6. The number of aliphatic hydroxyl groups is 1. The summed E-state index contributed by atoms with van der Waals surface area (Å²) in [5.74, 6) is -0.229. The fourth-order valence-corrected chi connectivity index (χ4v) is 6.69. The van der Waals surface area contributed by atoms with Gasteiger partial charge < -0.3 is 19.8 Å². The zero-order chi connectivity index (χ0) is 41.4. The Morgan fingerprint density at radius 3 is 1.46 bits per heavy atom. The number of nitrogens with one attached hydrogen (secondary N) is 1. The number of nitrogens with zero attached hydrogens (tertiary/aromatic N) is 1. The van der Waals surface area contributed by atoms with E-state index in [9.17, 15) is 19.4 Å². The molecule has 8 nitrogen and oxygen atoms in total. The summed E-state index contributed by atoms with van der Waals surface area (Å²) < 4.78 is 23.6. The van der Waals surface area contributed by atoms with Crippen molar-refractivity contribution in [2.24, 2.45) is 0 Å². The van der Waals surface area contributed by atoms with Gasteiger partial charge in [-0.05, 0) is 51.4 Å². The van der Waals surface area contributed by atoms with Crippen molar-refractivity contribution < 1.29 is 32.9 Å². The van der Waals surface area contributed by atoms with E-state index in [-0.39, 0.29) is 25.5 Å². The number of carbonyl (C=O) groups excluding carboxylic acids is 1. The van der Waals surface area contributed by atoms with Gasteiger partial charge in [0.25, 0.3) is 0 Å². The van der Waals surface area contributed by atoms with Gasteiger partial charge >= 0.3 is 7.82 Å². The van der Waals surface area contributed by atoms with Gasteiger partial charge in [0, 0.05) is 6.42 Å². The molecule has 0 aromatic rings. The molecule has 0 heterocycles. The van der Waals surface area contributed by atoms with E-state index in [0.29, 0.717) is 23.9 Å². The lowest BCUT2D eigenvalue weighted by molar-refractivity contribution is -0.870. The Bertz CT molecular complexity index is 1140. The summed E-state index contributed by atoms with van der Waals surface area (Å²) >= 11 is 0. The summed E-state index contributed by atoms with van der Waals surface area (Å²) in [7, 11) is 1.56. The number of amides is 1. The number of phosphoric acid groups is 1. The van der Waals surface area contributed by atoms with Crippen molar-refractivity contribution in [2.45, 2.75) is 180 Å². The van der Waals surface area contributed by atoms with Crippen molar-refractivity contribution in [1.82, 2.24) is 5.32 Å². The zero-order valence-corrected chi connectivity index (χ0v) is 37.5. The number of likely N-dealkylation sites (N-methyl/N-ethyl adjacent to an activating group) is 1. The van der Waals surface area contributed by atoms with E-state index in [4.69, 9.17) is 9.05 Å². The van der Waals surface area contributed by atoms with Gasteiger partial charge in [0.05, 0.1) is 39.9 Å². The van der Waals surface area contributed by atoms with Crippen molar-refractivity contribution in [2.75, 3.05) is 40.9 Å². The van der Waals surface area contributed by atoms with Crippen LogP contribution in [-0.4, -0.2) is 73.4 Å². The van der Waals surface area contributed by atoms with Gasteiger partial charge in [-0.1, -0.05) is 183 Å². The molecule has 0 aliphatic rings. The van der Waals surface area contributed by atoms with Crippen molar-refractivity contribution >= 4 is 13.7 Å². The first-order valence-electron chi connectivity index (χ1n) is 22.3. The second kappa shape index (κ2) is 38.5. The van der Waals surface area contributed by atoms with Gasteiger partial charge in [-0.2, -0.15) is 0 Å². The minimum atomic E-state index is -4.34. The molecule has 0 saturated heterocycles. The normalized spacial score (nSPS) is 15.1. The number of aliphatic hydroxyl groups excluding tert-OH is 1. The Kier molecular flexibility index (Phi) is 37.0. The summed E-state index contributed by atoms with van der Waals surface area (Å²) in [4.78, 5) is 23.1. The average molecular weight is 806 g/mol. The standard InChI is InChI=1S/C47H85N2O6P/c1-6-8-10-12-14-16-18-20-22-23-24-25-27-29-31-33-35-37-39-41-47(51)48-45(44-55-56(52,53)54-43-42-49(3,4)5)46(50)40-38-36-34-32-30-28-26-21-19-17-15-13-11-9-7-2/h8,10,14,16,20,22,24-25,29,31,35,37,45-46,50H,6-7,9,11-13,15,17-19,21,23,26-28,30,32-34,36,38-44H2,1-5H3,(H-,48,51,52,53)/p+1/b10-8-,16-14-,22-20-,25-24-,31-29-,37-35-. The van der Waals surface area contributed by atoms with Crippen molar-refractivity contribution in [3.05, 3.63) is 72.9 Å². The maximum atomic E-state index is 12.9. The first-order valence-corrected chi connectivity index (χ1v) is 23.8. The highest BCUT2D eigenvalue weighted by Gasteiger charge is 2.28. The second-order valence-electron chi connectivity index (χ2n) is 16.0. The van der Waals surface area contributed by atoms with E-state index >= 15 is 0 Å². The van der Waals surface area contributed by atoms with E-state index < -0.39 is 20.0 Å². The molecule has 0 aromatic carbocycles. The van der Waals surface area contributed by atoms with Crippen molar-refractivity contribution in [3.63, 3.8) is 0 Å². The Labute approximate surface area is 344 Å². The largest absolute Gasteiger partial charge is 0.472 e. The molecule has 0 bridgehead atoms. The number of unbranched alkanes of at least 4 members (excludes halogenated alkanes) is 14. The summed E-state index contributed by atoms with van der Waals surface area (Å²) in [5, 5.41) is 13.9. The lowest BCUT2D eigenvalue weighted by Crippen LogP contribution is -2.46. The maximum Gasteiger partial charge on any atom is 0.472 e. The van der Waals surface area contributed by atoms with Crippen LogP contribution in [0, 0.1) is 0 Å². The predicted molar refractivity (Wildman–Crippen MR) is 240 cm³/mol. The summed E-state index contributed by atoms with van der Waals surface area (Å²) in [6.07, 6.45) is 50.8. The van der Waals surface area contributed by atoms with E-state index in [2.05, 4.69) is 79.9 Å². The van der Waals surface area contributed by atoms with E-state index in [1.54, 1.807) is 0 Å². The number of phosphoric ester groups is 1. The lowest BCUT2D eigenvalue weighted by Gasteiger charge is -2.26. The maximum absolute atomic E-state index is 12.9. The monoisotopic (exact) mass is 806 g/mol. The number of allylic oxidation sites excluding steroid dienone is 12. The van der Waals surface area contributed by atoms with Crippen LogP contribution in [0.1, 0.15) is 168 Å². The Morgan fingerprint density at radius 1 is 0.625 bits per heavy atom. The highest BCUT2D eigenvalue weighted by Crippen LogP contribution is 2.43. The molecule has 0 aliphatic carbocycles. The van der Waals surface area contributed by atoms with Crippen molar-refractivity contribution in [3.8, 4) is 0 Å². The van der Waals surface area contributed by atoms with Crippen molar-refractivity contribution in [1.29, 1.82) is 0 Å². The molecule has 0 rings (SSSR count). The van der Waals surface area contributed by atoms with Crippen LogP contribution in [0.3, 0.4) is 0 Å². The molecule has 3 atom stereocenters. The Morgan fingerprint density at radius 2 is 1.04 bits per heavy atom. The minimum absolute atomic E-state index is 0.0575. The molecule has 9 heteroatoms. The minimum Gasteiger partial charge on any atom is -0.391 e. The lowest BCUT2D eigenvalue weighted by atomic mass is 10.0. The highest BCUT2D eigenvalue weighted by atomic mass is 31.2. The third-order valence-electron chi connectivity index (χ3n) is 9.48. The topological polar surface area (TPSA) is 105 Å². The molecule has 0 saturated carbocycles. The SMILES string of the molecule is CC/C=C\C/C=C\C/C=C\C/C=C\C/C=C\C/C=C\CCC(=O)NC(COP(=O)(O)OCC[N+](C)(C)C)C(O)CCCCCCCCCCCCCCCCC. The first-order chi connectivity index (χ1) is 27.0. The first kappa shape index (κ1) is 53.9. The second-order valence-corrected chi connectivity index (χ2v) is 17.5. The summed E-state index contributed by atoms with van der Waals surface area (Å²) in [6.45, 7) is 4.70. The van der Waals surface area contributed by atoms with Crippen LogP contribution in [0.2, 0.25) is 0 Å². The molecule has 56 heavy (non-hydrogen) atoms. The van der Waals surface area contributed by atoms with E-state index in [0.717, 1.165) is 57.8 Å². The molecular formula is C47H86N2O6P+. The van der Waals surface area contributed by atoms with Crippen LogP contribution in [-0.2, 0) is 18.4 Å². The van der Waals surface area contributed by atoms with Crippen LogP contribution in [0.4, 0.5) is 0 Å². The molecule has 324 valence electrons. The third-order valence-corrected chi connectivity index (χ3v) is 10.5. The number of quaternary nitrogens is 1. The van der Waals surface area contributed by atoms with Gasteiger partial charge in [-0.25, -0.2) is 4.57 Å². The smallest absolute Gasteiger partial charge is 0.391 e. The number of hydrogen-bond donors (Lipinski definition) is 3. The van der Waals surface area contributed by atoms with Crippen LogP contribution in [0.25, 0.3) is 0 Å². The molecule has 3 N–H and O–H groups in total. The van der Waals surface area contributed by atoms with Gasteiger partial charge in [-0.3, -0.25) is 13.8 Å². The van der Waals surface area contributed by atoms with Crippen LogP contribution in [0.5, 0.6) is 0 Å². The van der Waals surface area contributed by atoms with Gasteiger partial charge in [0.15, 0.2) is 0 Å². The number of carbonyl (C=O) groups is 1. The van der Waals surface area contributed by atoms with Gasteiger partial charge in [-0.15, -0.1) is 0 Å².